The molecule has 1 atom stereocenters. The van der Waals surface area contributed by atoms with Crippen molar-refractivity contribution in [2.24, 2.45) is 0 Å². The van der Waals surface area contributed by atoms with Crippen molar-refractivity contribution in [1.82, 2.24) is 0 Å². The molecule has 0 aromatic heterocycles. The van der Waals surface area contributed by atoms with Crippen molar-refractivity contribution in [1.29, 1.82) is 0 Å². The number of carbonyl (C=O) groups is 3. The fraction of sp³-hybridized carbons (Fsp3) is 0.697. The number of hydrogen-bond donors (Lipinski definition) is 0. The van der Waals surface area contributed by atoms with Crippen molar-refractivity contribution < 1.29 is 28.6 Å². The first-order valence-corrected chi connectivity index (χ1v) is 34.5. The van der Waals surface area contributed by atoms with Crippen molar-refractivity contribution in [2.75, 3.05) is 13.2 Å². The van der Waals surface area contributed by atoms with Gasteiger partial charge < -0.3 is 14.2 Å². The van der Waals surface area contributed by atoms with Gasteiger partial charge in [0.1, 0.15) is 13.2 Å². The third-order valence-corrected chi connectivity index (χ3v) is 14.7. The Morgan fingerprint density at radius 3 is 0.854 bits per heavy atom. The molecule has 82 heavy (non-hydrogen) atoms. The lowest BCUT2D eigenvalue weighted by Crippen LogP contribution is -2.30. The van der Waals surface area contributed by atoms with E-state index in [1.807, 2.05) is 6.08 Å². The Labute approximate surface area is 507 Å². The first-order valence-electron chi connectivity index (χ1n) is 34.5. The van der Waals surface area contributed by atoms with Gasteiger partial charge in [0.25, 0.3) is 0 Å². The fourth-order valence-corrected chi connectivity index (χ4v) is 9.66. The maximum Gasteiger partial charge on any atom is 0.309 e. The molecule has 0 N–H and O–H groups in total. The zero-order valence-corrected chi connectivity index (χ0v) is 53.7. The van der Waals surface area contributed by atoms with Crippen LogP contribution in [0.25, 0.3) is 0 Å². The molecule has 0 amide bonds. The van der Waals surface area contributed by atoms with E-state index in [0.29, 0.717) is 12.8 Å². The van der Waals surface area contributed by atoms with Crippen molar-refractivity contribution in [3.63, 3.8) is 0 Å². The monoisotopic (exact) mass is 1140 g/mol. The van der Waals surface area contributed by atoms with Crippen molar-refractivity contribution in [2.45, 2.75) is 329 Å². The van der Waals surface area contributed by atoms with Crippen LogP contribution in [0.15, 0.2) is 122 Å². The van der Waals surface area contributed by atoms with Crippen molar-refractivity contribution in [3.8, 4) is 0 Å². The number of esters is 3. The minimum absolute atomic E-state index is 0.105. The predicted octanol–water partition coefficient (Wildman–Crippen LogP) is 23.9. The number of hydrogen-bond acceptors (Lipinski definition) is 6. The molecule has 1 unspecified atom stereocenters. The Kier molecular flexibility index (Phi) is 65.8. The Morgan fingerprint density at radius 1 is 0.268 bits per heavy atom. The summed E-state index contributed by atoms with van der Waals surface area (Å²) in [6.07, 6.45) is 96.9. The lowest BCUT2D eigenvalue weighted by atomic mass is 10.0. The van der Waals surface area contributed by atoms with Crippen molar-refractivity contribution in [3.05, 3.63) is 122 Å². The molecule has 0 spiro atoms. The highest BCUT2D eigenvalue weighted by atomic mass is 16.6. The first-order chi connectivity index (χ1) is 40.5. The van der Waals surface area contributed by atoms with Crippen molar-refractivity contribution >= 4 is 17.9 Å². The van der Waals surface area contributed by atoms with E-state index >= 15 is 0 Å². The number of rotatable bonds is 62. The molecule has 0 rings (SSSR count). The quantitative estimate of drug-likeness (QED) is 0.0261. The Morgan fingerprint density at radius 2 is 0.524 bits per heavy atom. The summed E-state index contributed by atoms with van der Waals surface area (Å²) < 4.78 is 16.8. The fourth-order valence-electron chi connectivity index (χ4n) is 9.66. The highest BCUT2D eigenvalue weighted by molar-refractivity contribution is 5.72. The topological polar surface area (TPSA) is 78.9 Å². The molecular formula is C76H128O6. The van der Waals surface area contributed by atoms with Gasteiger partial charge in [-0.25, -0.2) is 0 Å². The largest absolute Gasteiger partial charge is 0.462 e. The average molecular weight is 1140 g/mol. The maximum atomic E-state index is 12.9. The SMILES string of the molecule is CC/C=C\C/C=C\C/C=C\C/C=C\C/C=C\CCCCCCCCCCCCCCCCCCCC(=O)OCC(COC(=O)C/C=C\C/C=C\C/C=C\C/C=C\C/C=C\CC)OC(=O)CCCCCCCCCCCCCCCCCC. The zero-order chi connectivity index (χ0) is 59.2. The summed E-state index contributed by atoms with van der Waals surface area (Å²) in [5.41, 5.74) is 0. The number of unbranched alkanes of at least 4 members (excludes halogenated alkanes) is 32. The van der Waals surface area contributed by atoms with Crippen LogP contribution in [0.3, 0.4) is 0 Å². The summed E-state index contributed by atoms with van der Waals surface area (Å²) in [4.78, 5) is 38.3. The molecule has 6 nitrogen and oxygen atoms in total. The van der Waals surface area contributed by atoms with Gasteiger partial charge in [-0.05, 0) is 89.9 Å². The first kappa shape index (κ1) is 77.8. The minimum Gasteiger partial charge on any atom is -0.462 e. The molecule has 6 heteroatoms. The smallest absolute Gasteiger partial charge is 0.309 e. The van der Waals surface area contributed by atoms with Gasteiger partial charge in [0.2, 0.25) is 0 Å². The van der Waals surface area contributed by atoms with E-state index in [2.05, 4.69) is 130 Å². The molecule has 468 valence electrons. The van der Waals surface area contributed by atoms with Crippen LogP contribution in [0.2, 0.25) is 0 Å². The Hall–Kier alpha value is -4.19. The summed E-state index contributed by atoms with van der Waals surface area (Å²) in [6.45, 7) is 6.36. The lowest BCUT2D eigenvalue weighted by molar-refractivity contribution is -0.166. The summed E-state index contributed by atoms with van der Waals surface area (Å²) in [5.74, 6) is -1.03. The average Bonchev–Trinajstić information content (AvgIpc) is 3.47. The van der Waals surface area contributed by atoms with E-state index < -0.39 is 12.1 Å². The predicted molar refractivity (Wildman–Crippen MR) is 357 cm³/mol. The highest BCUT2D eigenvalue weighted by Crippen LogP contribution is 2.17. The number of carbonyl (C=O) groups excluding carboxylic acids is 3. The van der Waals surface area contributed by atoms with Crippen LogP contribution in [-0.2, 0) is 28.6 Å². The van der Waals surface area contributed by atoms with Crippen LogP contribution in [-0.4, -0.2) is 37.2 Å². The molecule has 0 fully saturated rings. The molecule has 0 aliphatic heterocycles. The molecule has 0 aromatic carbocycles. The van der Waals surface area contributed by atoms with Crippen LogP contribution in [0.1, 0.15) is 323 Å². The number of allylic oxidation sites excluding steroid dienone is 19. The molecule has 0 aliphatic rings. The van der Waals surface area contributed by atoms with Gasteiger partial charge in [-0.3, -0.25) is 14.4 Å². The van der Waals surface area contributed by atoms with E-state index in [1.54, 1.807) is 6.08 Å². The van der Waals surface area contributed by atoms with Crippen LogP contribution < -0.4 is 0 Å². The van der Waals surface area contributed by atoms with Crippen LogP contribution in [0, 0.1) is 0 Å². The third kappa shape index (κ3) is 66.6. The Bertz CT molecular complexity index is 1690. The van der Waals surface area contributed by atoms with Gasteiger partial charge in [0, 0.05) is 12.8 Å². The molecule has 0 aromatic rings. The molecular weight excluding hydrogens is 1010 g/mol. The second-order valence-electron chi connectivity index (χ2n) is 22.7. The third-order valence-electron chi connectivity index (χ3n) is 14.7. The van der Waals surface area contributed by atoms with Gasteiger partial charge >= 0.3 is 17.9 Å². The van der Waals surface area contributed by atoms with E-state index in [4.69, 9.17) is 14.2 Å². The maximum absolute atomic E-state index is 12.9. The molecule has 0 bridgehead atoms. The molecule has 0 radical (unpaired) electrons. The molecule has 0 aliphatic carbocycles. The summed E-state index contributed by atoms with van der Waals surface area (Å²) in [7, 11) is 0. The van der Waals surface area contributed by atoms with Gasteiger partial charge in [0.05, 0.1) is 6.42 Å². The second-order valence-corrected chi connectivity index (χ2v) is 22.7. The zero-order valence-electron chi connectivity index (χ0n) is 53.7. The van der Waals surface area contributed by atoms with Crippen LogP contribution >= 0.6 is 0 Å². The van der Waals surface area contributed by atoms with Gasteiger partial charge in [-0.1, -0.05) is 335 Å². The summed E-state index contributed by atoms with van der Waals surface area (Å²) >= 11 is 0. The lowest BCUT2D eigenvalue weighted by Gasteiger charge is -2.18. The highest BCUT2D eigenvalue weighted by Gasteiger charge is 2.19. The number of ether oxygens (including phenoxy) is 3. The Balaban J connectivity index is 4.24. The molecule has 0 saturated heterocycles. The standard InChI is InChI=1S/C76H128O6/c1-4-7-10-13-16-19-22-25-28-30-31-32-33-34-35-36-37-38-39-40-41-42-43-44-45-46-49-51-54-57-60-63-66-69-75(78)81-72-73(71-80-74(77)68-65-62-59-56-53-50-47-27-24-21-18-15-12-9-6-3)82-76(79)70-67-64-61-58-55-52-48-29-26-23-20-17-14-11-8-5-2/h7,9-10,12,16,18-19,21,25,27-28,31-32,34-35,47,53,56,62,65,73H,4-6,8,11,13-15,17,20,22-24,26,29-30,33,36-46,48-52,54-55,57-61,63-64,66-72H2,1-3H3/b10-7-,12-9-,19-16-,21-18-,28-25-,32-31-,35-34-,47-27-,56-53-,65-62-. The van der Waals surface area contributed by atoms with Crippen LogP contribution in [0.5, 0.6) is 0 Å². The van der Waals surface area contributed by atoms with Gasteiger partial charge in [-0.2, -0.15) is 0 Å². The van der Waals surface area contributed by atoms with E-state index in [1.165, 1.54) is 180 Å². The summed E-state index contributed by atoms with van der Waals surface area (Å²) in [5, 5.41) is 0. The second kappa shape index (κ2) is 69.3. The summed E-state index contributed by atoms with van der Waals surface area (Å²) in [6, 6.07) is 0. The minimum atomic E-state index is -0.818. The van der Waals surface area contributed by atoms with Crippen LogP contribution in [0.4, 0.5) is 0 Å². The van der Waals surface area contributed by atoms with E-state index in [-0.39, 0.29) is 31.6 Å². The van der Waals surface area contributed by atoms with Gasteiger partial charge in [0.15, 0.2) is 6.10 Å². The normalized spacial score (nSPS) is 12.9. The molecule has 0 heterocycles. The van der Waals surface area contributed by atoms with Gasteiger partial charge in [-0.15, -0.1) is 0 Å². The van der Waals surface area contributed by atoms with E-state index in [0.717, 1.165) is 103 Å². The van der Waals surface area contributed by atoms with E-state index in [9.17, 15) is 14.4 Å². The molecule has 0 saturated carbocycles.